The van der Waals surface area contributed by atoms with Crippen molar-refractivity contribution in [3.05, 3.63) is 53.6 Å². The number of benzene rings is 2. The Balaban J connectivity index is 1.66. The van der Waals surface area contributed by atoms with Crippen molar-refractivity contribution in [2.75, 3.05) is 25.0 Å². The van der Waals surface area contributed by atoms with Gasteiger partial charge in [0.1, 0.15) is 5.75 Å². The van der Waals surface area contributed by atoms with Gasteiger partial charge in [-0.25, -0.2) is 8.42 Å². The lowest BCUT2D eigenvalue weighted by atomic mass is 10.2. The molecule has 1 saturated heterocycles. The Morgan fingerprint density at radius 3 is 2.41 bits per heavy atom. The van der Waals surface area contributed by atoms with Crippen LogP contribution in [0.2, 0.25) is 0 Å². The molecule has 0 saturated carbocycles. The van der Waals surface area contributed by atoms with Gasteiger partial charge in [-0.15, -0.1) is 0 Å². The van der Waals surface area contributed by atoms with Gasteiger partial charge in [0.05, 0.1) is 4.90 Å². The standard InChI is InChI=1S/C22H28N2O4S/c1-3-18-8-10-19(11-9-18)28-16-22(25)23-21-15-20(12-7-17(21)2)29(26,27)24-13-5-4-6-14-24/h7-12,15H,3-6,13-14,16H2,1-2H3,(H,23,25). The fourth-order valence-electron chi connectivity index (χ4n) is 3.31. The van der Waals surface area contributed by atoms with Crippen molar-refractivity contribution in [3.8, 4) is 5.75 Å². The molecule has 3 rings (SSSR count). The number of rotatable bonds is 7. The average molecular weight is 417 g/mol. The molecule has 7 heteroatoms. The number of sulfonamides is 1. The number of hydrogen-bond donors (Lipinski definition) is 1. The minimum absolute atomic E-state index is 0.145. The van der Waals surface area contributed by atoms with E-state index >= 15 is 0 Å². The summed E-state index contributed by atoms with van der Waals surface area (Å²) in [5, 5.41) is 2.77. The highest BCUT2D eigenvalue weighted by Gasteiger charge is 2.26. The molecule has 6 nitrogen and oxygen atoms in total. The van der Waals surface area contributed by atoms with Crippen LogP contribution in [0.25, 0.3) is 0 Å². The quantitative estimate of drug-likeness (QED) is 0.746. The van der Waals surface area contributed by atoms with E-state index in [1.165, 1.54) is 15.9 Å². The Kier molecular flexibility index (Phi) is 6.92. The number of carbonyl (C=O) groups is 1. The molecule has 29 heavy (non-hydrogen) atoms. The Labute approximate surface area is 172 Å². The van der Waals surface area contributed by atoms with E-state index in [1.54, 1.807) is 12.1 Å². The second kappa shape index (κ2) is 9.41. The summed E-state index contributed by atoms with van der Waals surface area (Å²) in [5.41, 5.74) is 2.48. The molecule has 1 aliphatic rings. The number of nitrogens with zero attached hydrogens (tertiary/aromatic N) is 1. The number of anilines is 1. The normalized spacial score (nSPS) is 15.1. The molecule has 2 aromatic carbocycles. The fraction of sp³-hybridized carbons (Fsp3) is 0.409. The lowest BCUT2D eigenvalue weighted by molar-refractivity contribution is -0.118. The monoisotopic (exact) mass is 416 g/mol. The van der Waals surface area contributed by atoms with Crippen molar-refractivity contribution in [2.45, 2.75) is 44.4 Å². The zero-order valence-corrected chi connectivity index (χ0v) is 17.8. The van der Waals surface area contributed by atoms with E-state index in [0.29, 0.717) is 24.5 Å². The molecule has 156 valence electrons. The van der Waals surface area contributed by atoms with Crippen LogP contribution in [-0.2, 0) is 21.2 Å². The van der Waals surface area contributed by atoms with E-state index in [1.807, 2.05) is 31.2 Å². The molecule has 1 aliphatic heterocycles. The van der Waals surface area contributed by atoms with Gasteiger partial charge in [-0.2, -0.15) is 4.31 Å². The largest absolute Gasteiger partial charge is 0.484 e. The summed E-state index contributed by atoms with van der Waals surface area (Å²) >= 11 is 0. The number of nitrogens with one attached hydrogen (secondary N) is 1. The van der Waals surface area contributed by atoms with Crippen LogP contribution in [0.5, 0.6) is 5.75 Å². The minimum Gasteiger partial charge on any atom is -0.484 e. The molecule has 2 aromatic rings. The van der Waals surface area contributed by atoms with Crippen molar-refractivity contribution >= 4 is 21.6 Å². The first-order valence-electron chi connectivity index (χ1n) is 10.0. The topological polar surface area (TPSA) is 75.7 Å². The first-order chi connectivity index (χ1) is 13.9. The first kappa shape index (κ1) is 21.3. The Morgan fingerprint density at radius 2 is 1.76 bits per heavy atom. The maximum Gasteiger partial charge on any atom is 0.262 e. The number of hydrogen-bond acceptors (Lipinski definition) is 4. The Hall–Kier alpha value is -2.38. The summed E-state index contributed by atoms with van der Waals surface area (Å²) in [6.45, 7) is 4.85. The second-order valence-corrected chi connectivity index (χ2v) is 9.21. The van der Waals surface area contributed by atoms with Gasteiger partial charge in [0, 0.05) is 18.8 Å². The first-order valence-corrected chi connectivity index (χ1v) is 11.5. The number of carbonyl (C=O) groups excluding carboxylic acids is 1. The van der Waals surface area contributed by atoms with Crippen molar-refractivity contribution in [3.63, 3.8) is 0 Å². The van der Waals surface area contributed by atoms with Gasteiger partial charge in [0.2, 0.25) is 10.0 Å². The summed E-state index contributed by atoms with van der Waals surface area (Å²) in [7, 11) is -3.55. The summed E-state index contributed by atoms with van der Waals surface area (Å²) in [5.74, 6) is 0.288. The molecule has 0 aliphatic carbocycles. The highest BCUT2D eigenvalue weighted by atomic mass is 32.2. The molecule has 0 aromatic heterocycles. The van der Waals surface area contributed by atoms with Crippen LogP contribution < -0.4 is 10.1 Å². The summed E-state index contributed by atoms with van der Waals surface area (Å²) < 4.78 is 32.8. The van der Waals surface area contributed by atoms with E-state index < -0.39 is 10.0 Å². The maximum absolute atomic E-state index is 12.9. The van der Waals surface area contributed by atoms with Gasteiger partial charge in [0.15, 0.2) is 6.61 Å². The minimum atomic E-state index is -3.55. The van der Waals surface area contributed by atoms with E-state index in [4.69, 9.17) is 4.74 Å². The van der Waals surface area contributed by atoms with Gasteiger partial charge in [0.25, 0.3) is 5.91 Å². The van der Waals surface area contributed by atoms with Crippen LogP contribution in [0.1, 0.15) is 37.3 Å². The van der Waals surface area contributed by atoms with Gasteiger partial charge >= 0.3 is 0 Å². The van der Waals surface area contributed by atoms with Crippen molar-refractivity contribution in [1.82, 2.24) is 4.31 Å². The Morgan fingerprint density at radius 1 is 1.07 bits per heavy atom. The molecule has 1 amide bonds. The van der Waals surface area contributed by atoms with Crippen molar-refractivity contribution in [2.24, 2.45) is 0 Å². The molecule has 0 unspecified atom stereocenters. The third kappa shape index (κ3) is 5.36. The molecular formula is C22H28N2O4S. The lowest BCUT2D eigenvalue weighted by Crippen LogP contribution is -2.35. The number of aryl methyl sites for hydroxylation is 2. The predicted octanol–water partition coefficient (Wildman–Crippen LogP) is 3.75. The molecule has 1 heterocycles. The predicted molar refractivity (Wildman–Crippen MR) is 114 cm³/mol. The molecule has 1 N–H and O–H groups in total. The highest BCUT2D eigenvalue weighted by molar-refractivity contribution is 7.89. The van der Waals surface area contributed by atoms with Crippen LogP contribution in [0.15, 0.2) is 47.4 Å². The number of ether oxygens (including phenoxy) is 1. The van der Waals surface area contributed by atoms with Gasteiger partial charge < -0.3 is 10.1 Å². The van der Waals surface area contributed by atoms with E-state index in [9.17, 15) is 13.2 Å². The van der Waals surface area contributed by atoms with Gasteiger partial charge in [-0.05, 0) is 61.6 Å². The van der Waals surface area contributed by atoms with Crippen molar-refractivity contribution in [1.29, 1.82) is 0 Å². The third-order valence-electron chi connectivity index (χ3n) is 5.14. The van der Waals surface area contributed by atoms with Crippen LogP contribution in [0.4, 0.5) is 5.69 Å². The van der Waals surface area contributed by atoms with E-state index in [2.05, 4.69) is 12.2 Å². The van der Waals surface area contributed by atoms with Crippen molar-refractivity contribution < 1.29 is 17.9 Å². The SMILES string of the molecule is CCc1ccc(OCC(=O)Nc2cc(S(=O)(=O)N3CCCCC3)ccc2C)cc1. The molecule has 0 atom stereocenters. The molecule has 1 fully saturated rings. The molecule has 0 radical (unpaired) electrons. The van der Waals surface area contributed by atoms with Crippen LogP contribution in [0.3, 0.4) is 0 Å². The summed E-state index contributed by atoms with van der Waals surface area (Å²) in [6.07, 6.45) is 3.76. The third-order valence-corrected chi connectivity index (χ3v) is 7.03. The van der Waals surface area contributed by atoms with Crippen LogP contribution in [-0.4, -0.2) is 38.3 Å². The van der Waals surface area contributed by atoms with E-state index in [0.717, 1.165) is 31.2 Å². The van der Waals surface area contributed by atoms with E-state index in [-0.39, 0.29) is 17.4 Å². The fourth-order valence-corrected chi connectivity index (χ4v) is 4.85. The van der Waals surface area contributed by atoms with Gasteiger partial charge in [-0.1, -0.05) is 31.5 Å². The Bertz CT molecular complexity index is 949. The number of piperidine rings is 1. The second-order valence-electron chi connectivity index (χ2n) is 7.28. The van der Waals surface area contributed by atoms with Gasteiger partial charge in [-0.3, -0.25) is 4.79 Å². The maximum atomic E-state index is 12.9. The van der Waals surface area contributed by atoms with Crippen LogP contribution in [0, 0.1) is 6.92 Å². The average Bonchev–Trinajstić information content (AvgIpc) is 2.74. The molecule has 0 spiro atoms. The highest BCUT2D eigenvalue weighted by Crippen LogP contribution is 2.25. The molecular weight excluding hydrogens is 388 g/mol. The smallest absolute Gasteiger partial charge is 0.262 e. The number of amides is 1. The zero-order valence-electron chi connectivity index (χ0n) is 17.0. The molecule has 0 bridgehead atoms. The summed E-state index contributed by atoms with van der Waals surface area (Å²) in [6, 6.07) is 12.5. The zero-order chi connectivity index (χ0) is 20.9. The lowest BCUT2D eigenvalue weighted by Gasteiger charge is -2.26. The summed E-state index contributed by atoms with van der Waals surface area (Å²) in [4.78, 5) is 12.5. The van der Waals surface area contributed by atoms with Crippen LogP contribution >= 0.6 is 0 Å².